The minimum absolute atomic E-state index is 0.0297. The van der Waals surface area contributed by atoms with Crippen LogP contribution in [0.2, 0.25) is 0 Å². The van der Waals surface area contributed by atoms with Crippen molar-refractivity contribution in [3.05, 3.63) is 71.8 Å². The van der Waals surface area contributed by atoms with E-state index in [1.54, 1.807) is 31.2 Å². The SMILES string of the molecule is Cc1ccccc1NC(=O)Oc1cnn(-c2ccc(F)cc2)c1C(F)(F)F. The molecule has 9 heteroatoms. The third kappa shape index (κ3) is 4.08. The second-order valence-electron chi connectivity index (χ2n) is 5.57. The highest BCUT2D eigenvalue weighted by molar-refractivity contribution is 5.87. The summed E-state index contributed by atoms with van der Waals surface area (Å²) in [6.45, 7) is 1.73. The summed E-state index contributed by atoms with van der Waals surface area (Å²) in [6, 6.07) is 11.0. The highest BCUT2D eigenvalue weighted by Gasteiger charge is 2.40. The summed E-state index contributed by atoms with van der Waals surface area (Å²) in [5.74, 6) is -1.37. The van der Waals surface area contributed by atoms with Crippen LogP contribution in [0.15, 0.2) is 54.7 Å². The Balaban J connectivity index is 1.90. The van der Waals surface area contributed by atoms with Gasteiger partial charge in [0, 0.05) is 5.69 Å². The number of carbonyl (C=O) groups excluding carboxylic acids is 1. The molecule has 1 aromatic heterocycles. The normalized spacial score (nSPS) is 11.3. The van der Waals surface area contributed by atoms with E-state index in [2.05, 4.69) is 10.4 Å². The molecule has 1 heterocycles. The number of carbonyl (C=O) groups is 1. The number of nitrogens with one attached hydrogen (secondary N) is 1. The van der Waals surface area contributed by atoms with E-state index in [1.165, 1.54) is 0 Å². The largest absolute Gasteiger partial charge is 0.437 e. The van der Waals surface area contributed by atoms with Crippen molar-refractivity contribution in [2.24, 2.45) is 0 Å². The molecule has 0 bridgehead atoms. The number of benzene rings is 2. The van der Waals surface area contributed by atoms with Crippen molar-refractivity contribution in [2.45, 2.75) is 13.1 Å². The number of hydrogen-bond acceptors (Lipinski definition) is 3. The Hall–Kier alpha value is -3.36. The van der Waals surface area contributed by atoms with E-state index in [1.807, 2.05) is 0 Å². The Labute approximate surface area is 151 Å². The summed E-state index contributed by atoms with van der Waals surface area (Å²) in [5.41, 5.74) is -0.193. The van der Waals surface area contributed by atoms with Crippen LogP contribution in [0, 0.1) is 12.7 Å². The molecule has 0 spiro atoms. The summed E-state index contributed by atoms with van der Waals surface area (Å²) in [5, 5.41) is 6.01. The van der Waals surface area contributed by atoms with Gasteiger partial charge in [0.25, 0.3) is 0 Å². The first-order chi connectivity index (χ1) is 12.8. The van der Waals surface area contributed by atoms with Crippen LogP contribution in [-0.2, 0) is 6.18 Å². The lowest BCUT2D eigenvalue weighted by molar-refractivity contribution is -0.143. The van der Waals surface area contributed by atoms with Gasteiger partial charge in [-0.1, -0.05) is 18.2 Å². The fraction of sp³-hybridized carbons (Fsp3) is 0.111. The Bertz CT molecular complexity index is 965. The number of aryl methyl sites for hydroxylation is 1. The summed E-state index contributed by atoms with van der Waals surface area (Å²) in [7, 11) is 0. The fourth-order valence-electron chi connectivity index (χ4n) is 2.39. The average molecular weight is 379 g/mol. The molecule has 3 rings (SSSR count). The maximum atomic E-state index is 13.5. The van der Waals surface area contributed by atoms with Gasteiger partial charge in [0.05, 0.1) is 11.9 Å². The lowest BCUT2D eigenvalue weighted by atomic mass is 10.2. The van der Waals surface area contributed by atoms with Gasteiger partial charge in [0.15, 0.2) is 11.4 Å². The number of alkyl halides is 3. The number of nitrogens with zero attached hydrogens (tertiary/aromatic N) is 2. The lowest BCUT2D eigenvalue weighted by Gasteiger charge is -2.13. The van der Waals surface area contributed by atoms with Gasteiger partial charge in [0.2, 0.25) is 0 Å². The van der Waals surface area contributed by atoms with Crippen LogP contribution in [0.5, 0.6) is 5.75 Å². The molecule has 0 saturated heterocycles. The lowest BCUT2D eigenvalue weighted by Crippen LogP contribution is -2.20. The molecular weight excluding hydrogens is 366 g/mol. The summed E-state index contributed by atoms with van der Waals surface area (Å²) < 4.78 is 58.9. The Morgan fingerprint density at radius 1 is 1.11 bits per heavy atom. The van der Waals surface area contributed by atoms with Gasteiger partial charge < -0.3 is 4.74 Å². The van der Waals surface area contributed by atoms with Gasteiger partial charge in [0.1, 0.15) is 5.82 Å². The van der Waals surface area contributed by atoms with Gasteiger partial charge >= 0.3 is 12.3 Å². The van der Waals surface area contributed by atoms with Crippen LogP contribution in [0.4, 0.5) is 28.0 Å². The summed E-state index contributed by atoms with van der Waals surface area (Å²) >= 11 is 0. The van der Waals surface area contributed by atoms with Crippen molar-refractivity contribution in [3.63, 3.8) is 0 Å². The van der Waals surface area contributed by atoms with E-state index >= 15 is 0 Å². The molecule has 0 aliphatic rings. The highest BCUT2D eigenvalue weighted by Crippen LogP contribution is 2.37. The molecule has 3 aromatic rings. The van der Waals surface area contributed by atoms with E-state index in [4.69, 9.17) is 4.74 Å². The molecule has 5 nitrogen and oxygen atoms in total. The maximum Gasteiger partial charge on any atom is 0.437 e. The fourth-order valence-corrected chi connectivity index (χ4v) is 2.39. The third-order valence-corrected chi connectivity index (χ3v) is 3.66. The molecule has 0 unspecified atom stereocenters. The average Bonchev–Trinajstić information content (AvgIpc) is 3.01. The van der Waals surface area contributed by atoms with Crippen LogP contribution >= 0.6 is 0 Å². The first-order valence-electron chi connectivity index (χ1n) is 7.71. The molecule has 0 aliphatic heterocycles. The van der Waals surface area contributed by atoms with Crippen LogP contribution in [-0.4, -0.2) is 15.9 Å². The monoisotopic (exact) mass is 379 g/mol. The molecule has 0 radical (unpaired) electrons. The molecular formula is C18H13F4N3O2. The van der Waals surface area contributed by atoms with E-state index in [0.29, 0.717) is 15.9 Å². The van der Waals surface area contributed by atoms with Gasteiger partial charge in [-0.05, 0) is 42.8 Å². The molecule has 0 fully saturated rings. The van der Waals surface area contributed by atoms with Gasteiger partial charge in [-0.2, -0.15) is 18.3 Å². The number of para-hydroxylation sites is 1. The van der Waals surface area contributed by atoms with Gasteiger partial charge in [-0.15, -0.1) is 0 Å². The van der Waals surface area contributed by atoms with Crippen molar-refractivity contribution >= 4 is 11.8 Å². The predicted molar refractivity (Wildman–Crippen MR) is 89.3 cm³/mol. The quantitative estimate of drug-likeness (QED) is 0.655. The maximum absolute atomic E-state index is 13.5. The summed E-state index contributed by atoms with van der Waals surface area (Å²) in [4.78, 5) is 12.0. The minimum Gasteiger partial charge on any atom is -0.406 e. The molecule has 1 amide bonds. The number of ether oxygens (including phenoxy) is 1. The second-order valence-corrected chi connectivity index (χ2v) is 5.57. The Kier molecular flexibility index (Phi) is 4.85. The van der Waals surface area contributed by atoms with E-state index < -0.39 is 29.5 Å². The number of aromatic nitrogens is 2. The van der Waals surface area contributed by atoms with Crippen molar-refractivity contribution in [1.29, 1.82) is 0 Å². The number of halogens is 4. The van der Waals surface area contributed by atoms with Gasteiger partial charge in [-0.3, -0.25) is 5.32 Å². The molecule has 0 atom stereocenters. The van der Waals surface area contributed by atoms with Crippen molar-refractivity contribution in [1.82, 2.24) is 9.78 Å². The van der Waals surface area contributed by atoms with E-state index in [-0.39, 0.29) is 5.69 Å². The van der Waals surface area contributed by atoms with Crippen molar-refractivity contribution in [3.8, 4) is 11.4 Å². The standard InChI is InChI=1S/C18H13F4N3O2/c1-11-4-2-3-5-14(11)24-17(26)27-15-10-23-25(16(15)18(20,21)22)13-8-6-12(19)7-9-13/h2-10H,1H3,(H,24,26). The molecule has 27 heavy (non-hydrogen) atoms. The van der Waals surface area contributed by atoms with Crippen LogP contribution in [0.25, 0.3) is 5.69 Å². The van der Waals surface area contributed by atoms with Crippen LogP contribution in [0.1, 0.15) is 11.3 Å². The predicted octanol–water partition coefficient (Wildman–Crippen LogP) is 4.95. The number of anilines is 1. The molecule has 140 valence electrons. The zero-order valence-electron chi connectivity index (χ0n) is 13.9. The summed E-state index contributed by atoms with van der Waals surface area (Å²) in [6.07, 6.45) is -5.17. The van der Waals surface area contributed by atoms with Crippen LogP contribution in [0.3, 0.4) is 0 Å². The van der Waals surface area contributed by atoms with E-state index in [9.17, 15) is 22.4 Å². The zero-order valence-corrected chi connectivity index (χ0v) is 13.9. The van der Waals surface area contributed by atoms with Crippen LogP contribution < -0.4 is 10.1 Å². The highest BCUT2D eigenvalue weighted by atomic mass is 19.4. The second kappa shape index (κ2) is 7.10. The Morgan fingerprint density at radius 3 is 2.41 bits per heavy atom. The Morgan fingerprint density at radius 2 is 1.78 bits per heavy atom. The van der Waals surface area contributed by atoms with Crippen molar-refractivity contribution in [2.75, 3.05) is 5.32 Å². The first kappa shape index (κ1) is 18.4. The number of hydrogen-bond donors (Lipinski definition) is 1. The topological polar surface area (TPSA) is 56.1 Å². The number of amides is 1. The zero-order chi connectivity index (χ0) is 19.6. The minimum atomic E-state index is -4.86. The third-order valence-electron chi connectivity index (χ3n) is 3.66. The smallest absolute Gasteiger partial charge is 0.406 e. The van der Waals surface area contributed by atoms with E-state index in [0.717, 1.165) is 30.5 Å². The van der Waals surface area contributed by atoms with Gasteiger partial charge in [-0.25, -0.2) is 13.9 Å². The molecule has 0 saturated carbocycles. The molecule has 2 aromatic carbocycles. The van der Waals surface area contributed by atoms with Crippen molar-refractivity contribution < 1.29 is 27.1 Å². The number of rotatable bonds is 3. The molecule has 0 aliphatic carbocycles. The first-order valence-corrected chi connectivity index (χ1v) is 7.71. The molecule has 1 N–H and O–H groups in total.